The van der Waals surface area contributed by atoms with Gasteiger partial charge in [0.1, 0.15) is 0 Å². The van der Waals surface area contributed by atoms with E-state index in [2.05, 4.69) is 107 Å². The van der Waals surface area contributed by atoms with Gasteiger partial charge in [-0.3, -0.25) is 0 Å². The van der Waals surface area contributed by atoms with Crippen LogP contribution < -0.4 is 5.32 Å². The van der Waals surface area contributed by atoms with Gasteiger partial charge in [0, 0.05) is 17.5 Å². The molecule has 2 atom stereocenters. The van der Waals surface area contributed by atoms with Crippen LogP contribution in [-0.4, -0.2) is 12.3 Å². The van der Waals surface area contributed by atoms with Crippen molar-refractivity contribution in [2.24, 2.45) is 11.8 Å². The van der Waals surface area contributed by atoms with Crippen molar-refractivity contribution in [3.8, 4) is 11.1 Å². The molecule has 33 heavy (non-hydrogen) atoms. The number of rotatable bonds is 9. The van der Waals surface area contributed by atoms with Crippen LogP contribution in [0.2, 0.25) is 0 Å². The fraction of sp³-hybridized carbons (Fsp3) is 0.387. The molecule has 0 fully saturated rings. The highest BCUT2D eigenvalue weighted by atomic mass is 14.9. The van der Waals surface area contributed by atoms with Gasteiger partial charge in [0.2, 0.25) is 0 Å². The fourth-order valence-electron chi connectivity index (χ4n) is 4.25. The predicted molar refractivity (Wildman–Crippen MR) is 145 cm³/mol. The lowest BCUT2D eigenvalue weighted by atomic mass is 9.86. The topological polar surface area (TPSA) is 35.9 Å². The van der Waals surface area contributed by atoms with Crippen LogP contribution in [0.1, 0.15) is 65.0 Å². The van der Waals surface area contributed by atoms with Crippen molar-refractivity contribution in [2.75, 3.05) is 5.32 Å². The van der Waals surface area contributed by atoms with Crippen molar-refractivity contribution in [1.82, 2.24) is 0 Å². The monoisotopic (exact) mass is 440 g/mol. The summed E-state index contributed by atoms with van der Waals surface area (Å²) in [4.78, 5) is 0. The Labute approximate surface area is 201 Å². The molecule has 3 rings (SSSR count). The second-order valence-corrected chi connectivity index (χ2v) is 10.6. The summed E-state index contributed by atoms with van der Waals surface area (Å²) in [6.45, 7) is 15.2. The van der Waals surface area contributed by atoms with Gasteiger partial charge in [-0.2, -0.15) is 0 Å². The number of hydrogen-bond donors (Lipinski definition) is 2. The van der Waals surface area contributed by atoms with Crippen LogP contribution in [0.4, 0.5) is 5.69 Å². The van der Waals surface area contributed by atoms with E-state index in [-0.39, 0.29) is 11.5 Å². The number of anilines is 1. The first-order valence-electron chi connectivity index (χ1n) is 12.2. The minimum atomic E-state index is 0.144. The number of nitrogens with one attached hydrogen (secondary N) is 2. The Hall–Kier alpha value is -2.87. The van der Waals surface area contributed by atoms with E-state index in [1.165, 1.54) is 22.9 Å². The van der Waals surface area contributed by atoms with Crippen molar-refractivity contribution >= 4 is 11.9 Å². The van der Waals surface area contributed by atoms with Crippen LogP contribution in [0.15, 0.2) is 78.9 Å². The minimum absolute atomic E-state index is 0.144. The standard InChI is InChI=1S/C31H40N2/c1-7-23-9-11-25(12-10-23)29(18-8-22(2)3)33-30-19-15-26(20-27(30)21-32)24-13-16-28(17-14-24)31(4,5)6/h7,9,11-17,19-23,29,32-33H,1,8,10,18H2,2-6H3. The number of allylic oxidation sites excluding steroid dienone is 3. The van der Waals surface area contributed by atoms with E-state index in [9.17, 15) is 0 Å². The first kappa shape index (κ1) is 24.8. The van der Waals surface area contributed by atoms with Crippen molar-refractivity contribution in [3.05, 3.63) is 90.0 Å². The molecule has 1 aliphatic rings. The quantitative estimate of drug-likeness (QED) is 0.297. The summed E-state index contributed by atoms with van der Waals surface area (Å²) in [5, 5.41) is 11.8. The third kappa shape index (κ3) is 6.57. The average molecular weight is 441 g/mol. The van der Waals surface area contributed by atoms with E-state index in [1.807, 2.05) is 6.08 Å². The zero-order valence-corrected chi connectivity index (χ0v) is 21.0. The maximum absolute atomic E-state index is 8.07. The molecule has 0 radical (unpaired) electrons. The van der Waals surface area contributed by atoms with E-state index in [4.69, 9.17) is 5.41 Å². The summed E-state index contributed by atoms with van der Waals surface area (Å²) >= 11 is 0. The highest BCUT2D eigenvalue weighted by Gasteiger charge is 2.18. The summed E-state index contributed by atoms with van der Waals surface area (Å²) in [6, 6.07) is 15.5. The van der Waals surface area contributed by atoms with Gasteiger partial charge in [-0.1, -0.05) is 89.3 Å². The fourth-order valence-corrected chi connectivity index (χ4v) is 4.25. The van der Waals surface area contributed by atoms with Gasteiger partial charge in [-0.25, -0.2) is 0 Å². The summed E-state index contributed by atoms with van der Waals surface area (Å²) in [5.41, 5.74) is 7.08. The smallest absolute Gasteiger partial charge is 0.0510 e. The normalized spacial score (nSPS) is 16.9. The van der Waals surface area contributed by atoms with Gasteiger partial charge < -0.3 is 10.7 Å². The van der Waals surface area contributed by atoms with Crippen LogP contribution >= 0.6 is 0 Å². The van der Waals surface area contributed by atoms with Gasteiger partial charge in [-0.05, 0) is 70.9 Å². The lowest BCUT2D eigenvalue weighted by molar-refractivity contribution is 0.536. The Morgan fingerprint density at radius 2 is 1.76 bits per heavy atom. The Bertz CT molecular complexity index is 1020. The van der Waals surface area contributed by atoms with Crippen molar-refractivity contribution < 1.29 is 0 Å². The van der Waals surface area contributed by atoms with Crippen LogP contribution in [0.5, 0.6) is 0 Å². The molecule has 0 saturated heterocycles. The van der Waals surface area contributed by atoms with Crippen LogP contribution in [0.3, 0.4) is 0 Å². The molecule has 0 heterocycles. The molecular formula is C31H40N2. The summed E-state index contributed by atoms with van der Waals surface area (Å²) in [7, 11) is 0. The molecule has 0 saturated carbocycles. The van der Waals surface area contributed by atoms with Crippen molar-refractivity contribution in [3.63, 3.8) is 0 Å². The van der Waals surface area contributed by atoms with Crippen molar-refractivity contribution in [2.45, 2.75) is 65.3 Å². The maximum atomic E-state index is 8.07. The number of hydrogen-bond acceptors (Lipinski definition) is 2. The summed E-state index contributed by atoms with van der Waals surface area (Å²) in [6.07, 6.45) is 13.6. The molecule has 2 aromatic carbocycles. The van der Waals surface area contributed by atoms with Gasteiger partial charge in [0.15, 0.2) is 0 Å². The molecule has 2 nitrogen and oxygen atoms in total. The van der Waals surface area contributed by atoms with Gasteiger partial charge >= 0.3 is 0 Å². The van der Waals surface area contributed by atoms with Crippen LogP contribution in [0, 0.1) is 17.2 Å². The SMILES string of the molecule is C=CC1C=CC(C(CCC(C)C)Nc2ccc(-c3ccc(C(C)(C)C)cc3)cc2C=N)=CC1. The molecule has 0 aromatic heterocycles. The molecule has 2 heteroatoms. The third-order valence-electron chi connectivity index (χ3n) is 6.52. The molecular weight excluding hydrogens is 400 g/mol. The Balaban J connectivity index is 1.84. The highest BCUT2D eigenvalue weighted by molar-refractivity contribution is 5.88. The maximum Gasteiger partial charge on any atom is 0.0510 e. The largest absolute Gasteiger partial charge is 0.378 e. The van der Waals surface area contributed by atoms with E-state index < -0.39 is 0 Å². The zero-order valence-electron chi connectivity index (χ0n) is 21.0. The first-order chi connectivity index (χ1) is 15.7. The Morgan fingerprint density at radius 1 is 1.06 bits per heavy atom. The molecule has 174 valence electrons. The third-order valence-corrected chi connectivity index (χ3v) is 6.52. The van der Waals surface area contributed by atoms with Gasteiger partial charge in [0.25, 0.3) is 0 Å². The highest BCUT2D eigenvalue weighted by Crippen LogP contribution is 2.30. The Kier molecular flexibility index (Phi) is 8.13. The first-order valence-corrected chi connectivity index (χ1v) is 12.2. The summed E-state index contributed by atoms with van der Waals surface area (Å²) < 4.78 is 0. The molecule has 2 N–H and O–H groups in total. The Morgan fingerprint density at radius 3 is 2.30 bits per heavy atom. The van der Waals surface area contributed by atoms with Crippen molar-refractivity contribution in [1.29, 1.82) is 5.41 Å². The van der Waals surface area contributed by atoms with Gasteiger partial charge in [-0.15, -0.1) is 6.58 Å². The van der Waals surface area contributed by atoms with Crippen LogP contribution in [-0.2, 0) is 5.41 Å². The molecule has 2 aromatic rings. The lowest BCUT2D eigenvalue weighted by Gasteiger charge is -2.26. The molecule has 0 aliphatic heterocycles. The molecule has 0 spiro atoms. The van der Waals surface area contributed by atoms with E-state index in [0.29, 0.717) is 11.8 Å². The average Bonchev–Trinajstić information content (AvgIpc) is 2.81. The van der Waals surface area contributed by atoms with Crippen LogP contribution in [0.25, 0.3) is 11.1 Å². The number of benzene rings is 2. The lowest BCUT2D eigenvalue weighted by Crippen LogP contribution is -2.24. The second kappa shape index (κ2) is 10.8. The summed E-state index contributed by atoms with van der Waals surface area (Å²) in [5.74, 6) is 1.09. The van der Waals surface area contributed by atoms with E-state index in [0.717, 1.165) is 36.1 Å². The molecule has 1 aliphatic carbocycles. The van der Waals surface area contributed by atoms with E-state index in [1.54, 1.807) is 0 Å². The minimum Gasteiger partial charge on any atom is -0.378 e. The molecule has 2 unspecified atom stereocenters. The van der Waals surface area contributed by atoms with E-state index >= 15 is 0 Å². The molecule has 0 amide bonds. The van der Waals surface area contributed by atoms with Gasteiger partial charge in [0.05, 0.1) is 6.04 Å². The zero-order chi connectivity index (χ0) is 24.0. The predicted octanol–water partition coefficient (Wildman–Crippen LogP) is 8.55. The second-order valence-electron chi connectivity index (χ2n) is 10.6. The molecule has 0 bridgehead atoms.